The fraction of sp³-hybridized carbons (Fsp3) is 0.136. The molecule has 1 aliphatic heterocycles. The summed E-state index contributed by atoms with van der Waals surface area (Å²) >= 11 is 0. The predicted molar refractivity (Wildman–Crippen MR) is 103 cm³/mol. The van der Waals surface area contributed by atoms with Crippen molar-refractivity contribution in [1.29, 1.82) is 0 Å². The van der Waals surface area contributed by atoms with Crippen LogP contribution in [-0.4, -0.2) is 19.1 Å². The summed E-state index contributed by atoms with van der Waals surface area (Å²) in [5.74, 6) is 1.53. The molecule has 0 unspecified atom stereocenters. The Morgan fingerprint density at radius 3 is 2.64 bits per heavy atom. The van der Waals surface area contributed by atoms with Gasteiger partial charge in [-0.05, 0) is 42.0 Å². The first-order valence-corrected chi connectivity index (χ1v) is 8.88. The lowest BCUT2D eigenvalue weighted by molar-refractivity contribution is -0.115. The molecule has 0 fully saturated rings. The molecule has 0 aromatic heterocycles. The van der Waals surface area contributed by atoms with Crippen LogP contribution in [0.1, 0.15) is 5.56 Å². The van der Waals surface area contributed by atoms with Crippen molar-refractivity contribution in [2.24, 2.45) is 0 Å². The summed E-state index contributed by atoms with van der Waals surface area (Å²) in [6, 6.07) is 18.3. The fourth-order valence-electron chi connectivity index (χ4n) is 2.89. The minimum atomic E-state index is -0.391. The number of nitrogens with one attached hydrogen (secondary N) is 1. The SMILES string of the molecule is O=C(Cc1ccc2c(c1)OCCO2)Nc1ccccc1Oc1cccc(F)c1. The number of benzene rings is 3. The Morgan fingerprint density at radius 2 is 1.79 bits per heavy atom. The van der Waals surface area contributed by atoms with E-state index in [9.17, 15) is 9.18 Å². The highest BCUT2D eigenvalue weighted by molar-refractivity contribution is 5.93. The van der Waals surface area contributed by atoms with Gasteiger partial charge in [-0.15, -0.1) is 0 Å². The molecular formula is C22H18FNO4. The Labute approximate surface area is 161 Å². The molecule has 0 saturated carbocycles. The molecule has 1 amide bonds. The number of amides is 1. The van der Waals surface area contributed by atoms with E-state index in [0.29, 0.717) is 41.9 Å². The van der Waals surface area contributed by atoms with Gasteiger partial charge in [-0.1, -0.05) is 24.3 Å². The van der Waals surface area contributed by atoms with Crippen LogP contribution in [0.25, 0.3) is 0 Å². The zero-order chi connectivity index (χ0) is 19.3. The highest BCUT2D eigenvalue weighted by Gasteiger charge is 2.14. The van der Waals surface area contributed by atoms with E-state index >= 15 is 0 Å². The number of para-hydroxylation sites is 2. The molecule has 6 heteroatoms. The molecule has 142 valence electrons. The molecule has 28 heavy (non-hydrogen) atoms. The molecule has 3 aromatic rings. The first-order chi connectivity index (χ1) is 13.7. The number of carbonyl (C=O) groups is 1. The average molecular weight is 379 g/mol. The van der Waals surface area contributed by atoms with E-state index in [0.717, 1.165) is 5.56 Å². The zero-order valence-electron chi connectivity index (χ0n) is 15.0. The van der Waals surface area contributed by atoms with Crippen LogP contribution in [0, 0.1) is 5.82 Å². The van der Waals surface area contributed by atoms with Gasteiger partial charge < -0.3 is 19.5 Å². The van der Waals surface area contributed by atoms with Crippen molar-refractivity contribution in [1.82, 2.24) is 0 Å². The van der Waals surface area contributed by atoms with Crippen LogP contribution in [0.4, 0.5) is 10.1 Å². The van der Waals surface area contributed by atoms with Gasteiger partial charge in [0.05, 0.1) is 12.1 Å². The topological polar surface area (TPSA) is 56.8 Å². The van der Waals surface area contributed by atoms with Gasteiger partial charge in [0.1, 0.15) is 24.8 Å². The van der Waals surface area contributed by atoms with Crippen LogP contribution >= 0.6 is 0 Å². The van der Waals surface area contributed by atoms with Crippen molar-refractivity contribution in [3.05, 3.63) is 78.1 Å². The Hall–Kier alpha value is -3.54. The standard InChI is InChI=1S/C22H18FNO4/c23-16-4-3-5-17(14-16)28-19-7-2-1-6-18(19)24-22(25)13-15-8-9-20-21(12-15)27-11-10-26-20/h1-9,12,14H,10-11,13H2,(H,24,25). The Balaban J connectivity index is 1.46. The van der Waals surface area contributed by atoms with Crippen molar-refractivity contribution < 1.29 is 23.4 Å². The van der Waals surface area contributed by atoms with Gasteiger partial charge >= 0.3 is 0 Å². The summed E-state index contributed by atoms with van der Waals surface area (Å²) < 4.78 is 30.1. The molecule has 0 bridgehead atoms. The third kappa shape index (κ3) is 4.23. The smallest absolute Gasteiger partial charge is 0.228 e. The number of hydrogen-bond donors (Lipinski definition) is 1. The van der Waals surface area contributed by atoms with Crippen LogP contribution in [0.3, 0.4) is 0 Å². The monoisotopic (exact) mass is 379 g/mol. The van der Waals surface area contributed by atoms with Gasteiger partial charge in [0.25, 0.3) is 0 Å². The van der Waals surface area contributed by atoms with Crippen LogP contribution in [0.15, 0.2) is 66.7 Å². The molecule has 0 atom stereocenters. The minimum Gasteiger partial charge on any atom is -0.486 e. The molecule has 1 heterocycles. The van der Waals surface area contributed by atoms with Crippen LogP contribution in [-0.2, 0) is 11.2 Å². The van der Waals surface area contributed by atoms with Gasteiger partial charge in [-0.2, -0.15) is 0 Å². The minimum absolute atomic E-state index is 0.172. The summed E-state index contributed by atoms with van der Waals surface area (Å²) in [5, 5.41) is 2.84. The van der Waals surface area contributed by atoms with Crippen molar-refractivity contribution in [3.63, 3.8) is 0 Å². The highest BCUT2D eigenvalue weighted by atomic mass is 19.1. The molecule has 1 aliphatic rings. The molecule has 0 radical (unpaired) electrons. The maximum atomic E-state index is 13.4. The molecule has 1 N–H and O–H groups in total. The molecule has 4 rings (SSSR count). The normalized spacial score (nSPS) is 12.3. The summed E-state index contributed by atoms with van der Waals surface area (Å²) in [7, 11) is 0. The lowest BCUT2D eigenvalue weighted by atomic mass is 10.1. The molecule has 0 aliphatic carbocycles. The van der Waals surface area contributed by atoms with Crippen LogP contribution in [0.5, 0.6) is 23.0 Å². The lowest BCUT2D eigenvalue weighted by Gasteiger charge is -2.19. The molecule has 3 aromatic carbocycles. The van der Waals surface area contributed by atoms with E-state index in [2.05, 4.69) is 5.32 Å². The molecule has 5 nitrogen and oxygen atoms in total. The van der Waals surface area contributed by atoms with Crippen molar-refractivity contribution >= 4 is 11.6 Å². The maximum Gasteiger partial charge on any atom is 0.228 e. The van der Waals surface area contributed by atoms with E-state index in [-0.39, 0.29) is 12.3 Å². The second kappa shape index (κ2) is 8.00. The Bertz CT molecular complexity index is 1010. The summed E-state index contributed by atoms with van der Waals surface area (Å²) in [5.41, 5.74) is 1.32. The van der Waals surface area contributed by atoms with Crippen LogP contribution < -0.4 is 19.5 Å². The molecule has 0 spiro atoms. The summed E-state index contributed by atoms with van der Waals surface area (Å²) in [6.07, 6.45) is 0.172. The van der Waals surface area contributed by atoms with Gasteiger partial charge in [0, 0.05) is 6.07 Å². The number of ether oxygens (including phenoxy) is 3. The van der Waals surface area contributed by atoms with E-state index in [1.165, 1.54) is 12.1 Å². The number of rotatable bonds is 5. The Kier molecular flexibility index (Phi) is 5.10. The first-order valence-electron chi connectivity index (χ1n) is 8.88. The number of halogens is 1. The largest absolute Gasteiger partial charge is 0.486 e. The highest BCUT2D eigenvalue weighted by Crippen LogP contribution is 2.32. The molecule has 0 saturated heterocycles. The van der Waals surface area contributed by atoms with Crippen molar-refractivity contribution in [2.75, 3.05) is 18.5 Å². The van der Waals surface area contributed by atoms with E-state index in [1.54, 1.807) is 42.5 Å². The number of anilines is 1. The first kappa shape index (κ1) is 17.9. The van der Waals surface area contributed by atoms with E-state index in [4.69, 9.17) is 14.2 Å². The zero-order valence-corrected chi connectivity index (χ0v) is 15.0. The molecular weight excluding hydrogens is 361 g/mol. The third-order valence-corrected chi connectivity index (χ3v) is 4.16. The second-order valence-electron chi connectivity index (χ2n) is 6.26. The summed E-state index contributed by atoms with van der Waals surface area (Å²) in [6.45, 7) is 1.02. The number of carbonyl (C=O) groups excluding carboxylic acids is 1. The quantitative estimate of drug-likeness (QED) is 0.706. The maximum absolute atomic E-state index is 13.4. The number of hydrogen-bond acceptors (Lipinski definition) is 4. The van der Waals surface area contributed by atoms with Crippen molar-refractivity contribution in [2.45, 2.75) is 6.42 Å². The van der Waals surface area contributed by atoms with Gasteiger partial charge in [-0.25, -0.2) is 4.39 Å². The van der Waals surface area contributed by atoms with Gasteiger partial charge in [0.15, 0.2) is 17.2 Å². The second-order valence-corrected chi connectivity index (χ2v) is 6.26. The summed E-state index contributed by atoms with van der Waals surface area (Å²) in [4.78, 5) is 12.5. The van der Waals surface area contributed by atoms with E-state index < -0.39 is 5.82 Å². The van der Waals surface area contributed by atoms with Gasteiger partial charge in [-0.3, -0.25) is 4.79 Å². The number of fused-ring (bicyclic) bond motifs is 1. The average Bonchev–Trinajstić information content (AvgIpc) is 2.69. The lowest BCUT2D eigenvalue weighted by Crippen LogP contribution is -2.17. The van der Waals surface area contributed by atoms with Crippen LogP contribution in [0.2, 0.25) is 0 Å². The fourth-order valence-corrected chi connectivity index (χ4v) is 2.89. The Morgan fingerprint density at radius 1 is 0.964 bits per heavy atom. The third-order valence-electron chi connectivity index (χ3n) is 4.16. The predicted octanol–water partition coefficient (Wildman–Crippen LogP) is 4.57. The van der Waals surface area contributed by atoms with Crippen molar-refractivity contribution in [3.8, 4) is 23.0 Å². The van der Waals surface area contributed by atoms with Gasteiger partial charge in [0.2, 0.25) is 5.91 Å². The van der Waals surface area contributed by atoms with E-state index in [1.807, 2.05) is 12.1 Å².